The van der Waals surface area contributed by atoms with Gasteiger partial charge in [0.25, 0.3) is 0 Å². The van der Waals surface area contributed by atoms with E-state index in [-0.39, 0.29) is 6.61 Å². The predicted molar refractivity (Wildman–Crippen MR) is 92.1 cm³/mol. The number of anilines is 1. The van der Waals surface area contributed by atoms with Crippen LogP contribution in [0, 0.1) is 0 Å². The van der Waals surface area contributed by atoms with E-state index in [1.807, 2.05) is 30.3 Å². The highest BCUT2D eigenvalue weighted by molar-refractivity contribution is 5.82. The second-order valence-corrected chi connectivity index (χ2v) is 6.11. The van der Waals surface area contributed by atoms with Gasteiger partial charge in [-0.1, -0.05) is 30.3 Å². The Hall–Kier alpha value is -2.59. The van der Waals surface area contributed by atoms with Gasteiger partial charge in [-0.2, -0.15) is 0 Å². The van der Waals surface area contributed by atoms with E-state index in [9.17, 15) is 15.3 Å². The van der Waals surface area contributed by atoms with Crippen molar-refractivity contribution in [1.82, 2.24) is 19.5 Å². The number of ether oxygens (including phenoxy) is 1. The van der Waals surface area contributed by atoms with E-state index in [2.05, 4.69) is 20.3 Å². The van der Waals surface area contributed by atoms with Crippen LogP contribution >= 0.6 is 0 Å². The van der Waals surface area contributed by atoms with Crippen molar-refractivity contribution in [3.63, 3.8) is 0 Å². The molecule has 0 saturated carbocycles. The zero-order valence-electron chi connectivity index (χ0n) is 13.8. The molecule has 1 aliphatic heterocycles. The molecule has 0 spiro atoms. The van der Waals surface area contributed by atoms with E-state index in [0.717, 1.165) is 5.56 Å². The van der Waals surface area contributed by atoms with Crippen LogP contribution < -0.4 is 5.32 Å². The number of benzene rings is 1. The molecule has 1 saturated heterocycles. The van der Waals surface area contributed by atoms with E-state index in [1.54, 1.807) is 0 Å². The van der Waals surface area contributed by atoms with Crippen molar-refractivity contribution in [3.05, 3.63) is 48.5 Å². The first-order chi connectivity index (χ1) is 12.7. The lowest BCUT2D eigenvalue weighted by molar-refractivity contribution is -0.0511. The topological polar surface area (TPSA) is 126 Å². The fraction of sp³-hybridized carbons (Fsp3) is 0.353. The van der Waals surface area contributed by atoms with Gasteiger partial charge >= 0.3 is 0 Å². The molecule has 26 heavy (non-hydrogen) atoms. The number of fused-ring (bicyclic) bond motifs is 1. The van der Waals surface area contributed by atoms with Crippen LogP contribution in [0.4, 0.5) is 5.82 Å². The Labute approximate surface area is 148 Å². The molecule has 2 aromatic heterocycles. The van der Waals surface area contributed by atoms with Crippen LogP contribution in [0.3, 0.4) is 0 Å². The number of aliphatic hydroxyl groups excluding tert-OH is 3. The maximum absolute atomic E-state index is 10.2. The average Bonchev–Trinajstić information content (AvgIpc) is 3.23. The van der Waals surface area contributed by atoms with Crippen LogP contribution in [0.1, 0.15) is 11.8 Å². The van der Waals surface area contributed by atoms with Gasteiger partial charge in [-0.3, -0.25) is 4.57 Å². The molecule has 3 heterocycles. The van der Waals surface area contributed by atoms with Crippen LogP contribution in [-0.2, 0) is 11.3 Å². The van der Waals surface area contributed by atoms with Crippen LogP contribution in [0.5, 0.6) is 0 Å². The lowest BCUT2D eigenvalue weighted by Crippen LogP contribution is -2.33. The first-order valence-electron chi connectivity index (χ1n) is 8.27. The van der Waals surface area contributed by atoms with Crippen molar-refractivity contribution in [1.29, 1.82) is 0 Å². The fourth-order valence-electron chi connectivity index (χ4n) is 3.06. The molecule has 1 fully saturated rings. The molecule has 136 valence electrons. The standard InChI is InChI=1S/C17H19N5O4/c23-7-11-13(24)14(25)17(26-11)22-9-21-12-15(19-8-20-16(12)22)18-6-10-4-2-1-3-5-10/h1-5,8-9,11,13-14,17,23-25H,6-7H2,(H,18,19,20)/t11-,13+,14+,17-/m1/s1. The van der Waals surface area contributed by atoms with E-state index in [0.29, 0.717) is 23.5 Å². The summed E-state index contributed by atoms with van der Waals surface area (Å²) in [6, 6.07) is 9.88. The number of hydrogen-bond acceptors (Lipinski definition) is 8. The van der Waals surface area contributed by atoms with Gasteiger partial charge in [0, 0.05) is 6.54 Å². The highest BCUT2D eigenvalue weighted by Crippen LogP contribution is 2.32. The Balaban J connectivity index is 1.61. The molecule has 0 aliphatic carbocycles. The Morgan fingerprint density at radius 3 is 2.62 bits per heavy atom. The first-order valence-corrected chi connectivity index (χ1v) is 8.27. The number of aliphatic hydroxyl groups is 3. The number of nitrogens with one attached hydrogen (secondary N) is 1. The normalized spacial score (nSPS) is 25.7. The summed E-state index contributed by atoms with van der Waals surface area (Å²) < 4.78 is 7.08. The molecule has 4 rings (SSSR count). The molecule has 9 heteroatoms. The van der Waals surface area contributed by atoms with Crippen LogP contribution in [0.25, 0.3) is 11.2 Å². The molecule has 1 aromatic carbocycles. The van der Waals surface area contributed by atoms with E-state index in [1.165, 1.54) is 17.2 Å². The fourth-order valence-corrected chi connectivity index (χ4v) is 3.06. The quantitative estimate of drug-likeness (QED) is 0.505. The molecule has 0 unspecified atom stereocenters. The van der Waals surface area contributed by atoms with Crippen LogP contribution in [0.2, 0.25) is 0 Å². The molecule has 4 atom stereocenters. The minimum absolute atomic E-state index is 0.389. The molecule has 3 aromatic rings. The summed E-state index contributed by atoms with van der Waals surface area (Å²) in [4.78, 5) is 12.8. The summed E-state index contributed by atoms with van der Waals surface area (Å²) in [5, 5.41) is 32.6. The maximum atomic E-state index is 10.2. The zero-order valence-corrected chi connectivity index (χ0v) is 13.8. The number of rotatable bonds is 5. The summed E-state index contributed by atoms with van der Waals surface area (Å²) in [7, 11) is 0. The lowest BCUT2D eigenvalue weighted by Gasteiger charge is -2.16. The van der Waals surface area contributed by atoms with Crippen molar-refractivity contribution in [2.75, 3.05) is 11.9 Å². The van der Waals surface area contributed by atoms with Gasteiger partial charge in [-0.15, -0.1) is 0 Å². The third-order valence-corrected chi connectivity index (χ3v) is 4.45. The molecule has 0 bridgehead atoms. The van der Waals surface area contributed by atoms with Gasteiger partial charge in [0.05, 0.1) is 12.9 Å². The number of aromatic nitrogens is 4. The van der Waals surface area contributed by atoms with E-state index in [4.69, 9.17) is 4.74 Å². The summed E-state index contributed by atoms with van der Waals surface area (Å²) in [6.45, 7) is 0.188. The van der Waals surface area contributed by atoms with Gasteiger partial charge in [0.1, 0.15) is 24.6 Å². The average molecular weight is 357 g/mol. The molecule has 4 N–H and O–H groups in total. The molecule has 9 nitrogen and oxygen atoms in total. The number of hydrogen-bond donors (Lipinski definition) is 4. The molecule has 0 amide bonds. The van der Waals surface area contributed by atoms with Crippen LogP contribution in [-0.4, -0.2) is 59.8 Å². The summed E-state index contributed by atoms with van der Waals surface area (Å²) >= 11 is 0. The highest BCUT2D eigenvalue weighted by Gasteiger charge is 2.44. The van der Waals surface area contributed by atoms with Crippen LogP contribution in [0.15, 0.2) is 43.0 Å². The summed E-state index contributed by atoms with van der Waals surface area (Å²) in [5.74, 6) is 0.560. The second kappa shape index (κ2) is 6.96. The Morgan fingerprint density at radius 2 is 1.88 bits per heavy atom. The Morgan fingerprint density at radius 1 is 1.08 bits per heavy atom. The minimum atomic E-state index is -1.19. The first kappa shape index (κ1) is 16.9. The monoisotopic (exact) mass is 357 g/mol. The van der Waals surface area contributed by atoms with Gasteiger partial charge in [-0.05, 0) is 5.56 Å². The highest BCUT2D eigenvalue weighted by atomic mass is 16.6. The SMILES string of the molecule is OC[C@H]1O[C@@H](n2cnc3c(NCc4ccccc4)ncnc32)[C@@H](O)[C@H]1O. The van der Waals surface area contributed by atoms with Gasteiger partial charge in [-0.25, -0.2) is 15.0 Å². The lowest BCUT2D eigenvalue weighted by atomic mass is 10.1. The smallest absolute Gasteiger partial charge is 0.167 e. The van der Waals surface area contributed by atoms with Gasteiger partial charge in [0.2, 0.25) is 0 Å². The summed E-state index contributed by atoms with van der Waals surface area (Å²) in [5.41, 5.74) is 2.09. The van der Waals surface area contributed by atoms with Crippen molar-refractivity contribution in [2.45, 2.75) is 31.1 Å². The third kappa shape index (κ3) is 2.90. The largest absolute Gasteiger partial charge is 0.394 e. The summed E-state index contributed by atoms with van der Waals surface area (Å²) in [6.07, 6.45) is -1.24. The van der Waals surface area contributed by atoms with Crippen molar-refractivity contribution in [2.24, 2.45) is 0 Å². The Kier molecular flexibility index (Phi) is 4.51. The van der Waals surface area contributed by atoms with Gasteiger partial charge in [0.15, 0.2) is 23.2 Å². The number of nitrogens with zero attached hydrogens (tertiary/aromatic N) is 4. The van der Waals surface area contributed by atoms with Gasteiger partial charge < -0.3 is 25.4 Å². The van der Waals surface area contributed by atoms with E-state index >= 15 is 0 Å². The maximum Gasteiger partial charge on any atom is 0.167 e. The second-order valence-electron chi connectivity index (χ2n) is 6.11. The van der Waals surface area contributed by atoms with Crippen molar-refractivity contribution < 1.29 is 20.1 Å². The third-order valence-electron chi connectivity index (χ3n) is 4.45. The Bertz CT molecular complexity index is 887. The zero-order chi connectivity index (χ0) is 18.1. The van der Waals surface area contributed by atoms with Crippen molar-refractivity contribution in [3.8, 4) is 0 Å². The van der Waals surface area contributed by atoms with Crippen molar-refractivity contribution >= 4 is 17.0 Å². The molecule has 0 radical (unpaired) electrons. The van der Waals surface area contributed by atoms with E-state index < -0.39 is 24.5 Å². The minimum Gasteiger partial charge on any atom is -0.394 e. The molecular formula is C17H19N5O4. The molecule has 1 aliphatic rings. The molecular weight excluding hydrogens is 338 g/mol. The number of imidazole rings is 1. The predicted octanol–water partition coefficient (Wildman–Crippen LogP) is 0.0499.